The molecule has 8 rings (SSSR count). The minimum atomic E-state index is -1.27. The average molecular weight is 676 g/mol. The van der Waals surface area contributed by atoms with Gasteiger partial charge in [0.25, 0.3) is 0 Å². The van der Waals surface area contributed by atoms with Crippen molar-refractivity contribution < 1.29 is 28.7 Å². The largest absolute Gasteiger partial charge is 0.508 e. The Morgan fingerprint density at radius 1 is 0.796 bits per heavy atom. The van der Waals surface area contributed by atoms with Crippen LogP contribution in [0.25, 0.3) is 0 Å². The summed E-state index contributed by atoms with van der Waals surface area (Å²) in [7, 11) is 0. The predicted octanol–water partition coefficient (Wildman–Crippen LogP) is 7.36. The van der Waals surface area contributed by atoms with E-state index in [-0.39, 0.29) is 34.7 Å². The highest BCUT2D eigenvalue weighted by Crippen LogP contribution is 2.63. The van der Waals surface area contributed by atoms with E-state index in [1.165, 1.54) is 29.2 Å². The number of fused-ring (bicyclic) bond motifs is 4. The fraction of sp³-hybridized carbons (Fsp3) is 0.231. The van der Waals surface area contributed by atoms with Crippen molar-refractivity contribution in [1.29, 1.82) is 0 Å². The number of phenolic OH excluding ortho intramolecular Hbond substituents is 1. The number of benzene rings is 4. The fourth-order valence-electron chi connectivity index (χ4n) is 8.57. The zero-order valence-corrected chi connectivity index (χ0v) is 27.1. The number of amides is 4. The Morgan fingerprint density at radius 2 is 1.47 bits per heavy atom. The summed E-state index contributed by atoms with van der Waals surface area (Å²) in [6.07, 6.45) is 2.46. The summed E-state index contributed by atoms with van der Waals surface area (Å²) in [5.74, 6) is -5.48. The summed E-state index contributed by atoms with van der Waals surface area (Å²) in [6, 6.07) is 27.0. The van der Waals surface area contributed by atoms with E-state index in [4.69, 9.17) is 11.6 Å². The first-order valence-electron chi connectivity index (χ1n) is 16.2. The quantitative estimate of drug-likeness (QED) is 0.169. The number of hydrogen-bond acceptors (Lipinski definition) is 6. The number of hydrogen-bond donors (Lipinski definition) is 2. The summed E-state index contributed by atoms with van der Waals surface area (Å²) >= 11 is 6.08. The second-order valence-corrected chi connectivity index (χ2v) is 13.8. The highest BCUT2D eigenvalue weighted by Gasteiger charge is 2.67. The molecular weight excluding hydrogens is 645 g/mol. The van der Waals surface area contributed by atoms with Gasteiger partial charge in [0.1, 0.15) is 11.6 Å². The van der Waals surface area contributed by atoms with Gasteiger partial charge in [0.05, 0.1) is 39.6 Å². The van der Waals surface area contributed by atoms with Crippen molar-refractivity contribution in [3.63, 3.8) is 0 Å². The van der Waals surface area contributed by atoms with Crippen molar-refractivity contribution in [3.05, 3.63) is 125 Å². The lowest BCUT2D eigenvalue weighted by molar-refractivity contribution is -0.131. The molecule has 49 heavy (non-hydrogen) atoms. The van der Waals surface area contributed by atoms with Crippen LogP contribution in [0.5, 0.6) is 5.75 Å². The Balaban J connectivity index is 1.17. The second-order valence-electron chi connectivity index (χ2n) is 13.4. The molecule has 6 atom stereocenters. The maximum absolute atomic E-state index is 14.5. The van der Waals surface area contributed by atoms with Crippen LogP contribution in [-0.4, -0.2) is 28.7 Å². The van der Waals surface area contributed by atoms with E-state index in [0.29, 0.717) is 17.7 Å². The zero-order valence-electron chi connectivity index (χ0n) is 26.3. The molecule has 2 aliphatic heterocycles. The third kappa shape index (κ3) is 4.70. The molecule has 8 nitrogen and oxygen atoms in total. The van der Waals surface area contributed by atoms with E-state index in [9.17, 15) is 28.7 Å². The number of aromatic hydroxyl groups is 1. The Bertz CT molecular complexity index is 2070. The molecule has 0 aromatic heterocycles. The number of imide groups is 2. The average Bonchev–Trinajstić information content (AvgIpc) is 3.47. The number of para-hydroxylation sites is 1. The number of carbonyl (C=O) groups is 4. The molecule has 1 saturated carbocycles. The topological polar surface area (TPSA) is 107 Å². The van der Waals surface area contributed by atoms with Crippen LogP contribution in [-0.2, 0) is 19.2 Å². The van der Waals surface area contributed by atoms with Crippen LogP contribution in [0.1, 0.15) is 31.2 Å². The lowest BCUT2D eigenvalue weighted by Crippen LogP contribution is -2.48. The highest BCUT2D eigenvalue weighted by atomic mass is 35.5. The van der Waals surface area contributed by atoms with E-state index in [0.717, 1.165) is 27.9 Å². The molecule has 0 spiro atoms. The Kier molecular flexibility index (Phi) is 7.22. The van der Waals surface area contributed by atoms with Crippen LogP contribution in [0, 0.1) is 34.9 Å². The van der Waals surface area contributed by atoms with Crippen molar-refractivity contribution in [1.82, 2.24) is 0 Å². The van der Waals surface area contributed by atoms with Crippen LogP contribution >= 0.6 is 11.6 Å². The Hall–Kier alpha value is -5.28. The maximum atomic E-state index is 14.5. The molecule has 2 N–H and O–H groups in total. The molecule has 0 unspecified atom stereocenters. The van der Waals surface area contributed by atoms with Gasteiger partial charge in [-0.3, -0.25) is 24.1 Å². The van der Waals surface area contributed by atoms with Crippen LogP contribution < -0.4 is 15.1 Å². The summed E-state index contributed by atoms with van der Waals surface area (Å²) < 4.78 is 14.1. The second kappa shape index (κ2) is 11.4. The summed E-state index contributed by atoms with van der Waals surface area (Å²) in [6.45, 7) is 1.77. The smallest absolute Gasteiger partial charge is 0.241 e. The van der Waals surface area contributed by atoms with Gasteiger partial charge in [0.15, 0.2) is 0 Å². The number of nitrogens with zero attached hydrogens (tertiary/aromatic N) is 2. The molecule has 4 aromatic carbocycles. The molecule has 4 aromatic rings. The molecule has 246 valence electrons. The Labute approximate surface area is 286 Å². The van der Waals surface area contributed by atoms with Crippen molar-refractivity contribution in [2.24, 2.45) is 29.1 Å². The lowest BCUT2D eigenvalue weighted by atomic mass is 9.51. The van der Waals surface area contributed by atoms with Gasteiger partial charge in [-0.05, 0) is 98.0 Å². The minimum Gasteiger partial charge on any atom is -0.508 e. The van der Waals surface area contributed by atoms with Gasteiger partial charge in [0, 0.05) is 17.3 Å². The molecule has 10 heteroatoms. The molecule has 4 amide bonds. The zero-order chi connectivity index (χ0) is 34.2. The van der Waals surface area contributed by atoms with Crippen LogP contribution in [0.4, 0.5) is 27.1 Å². The van der Waals surface area contributed by atoms with Crippen molar-refractivity contribution >= 4 is 58.0 Å². The van der Waals surface area contributed by atoms with Crippen LogP contribution in [0.2, 0.25) is 5.02 Å². The highest BCUT2D eigenvalue weighted by molar-refractivity contribution is 6.32. The third-order valence-corrected chi connectivity index (χ3v) is 11.1. The third-order valence-electron chi connectivity index (χ3n) is 10.9. The number of rotatable bonds is 5. The normalized spacial score (nSPS) is 27.5. The standard InChI is InChI=1S/C39H31ClFN3O5/c1-39-30(36(47)44(38(39)49)25-13-18-32(41)31(40)19-25)20-29-27(34(39)21-7-14-26(45)15-8-21)16-17-28-33(29)37(48)43(35(28)46)24-11-9-23(10-12-24)42-22-5-3-2-4-6-22/h2-16,18-19,28-30,33-34,42,45H,17,20H2,1H3/t28-,29+,30-,33-,34-,39+/m0/s1. The van der Waals surface area contributed by atoms with Crippen LogP contribution in [0.15, 0.2) is 109 Å². The van der Waals surface area contributed by atoms with Crippen molar-refractivity contribution in [2.45, 2.75) is 25.7 Å². The fourth-order valence-corrected chi connectivity index (χ4v) is 8.74. The van der Waals surface area contributed by atoms with E-state index < -0.39 is 52.6 Å². The predicted molar refractivity (Wildman–Crippen MR) is 183 cm³/mol. The number of anilines is 4. The first-order valence-corrected chi connectivity index (χ1v) is 16.6. The maximum Gasteiger partial charge on any atom is 0.241 e. The molecule has 0 radical (unpaired) electrons. The van der Waals surface area contributed by atoms with Crippen LogP contribution in [0.3, 0.4) is 0 Å². The summed E-state index contributed by atoms with van der Waals surface area (Å²) in [5, 5.41) is 13.2. The Morgan fingerprint density at radius 3 is 2.16 bits per heavy atom. The summed E-state index contributed by atoms with van der Waals surface area (Å²) in [4.78, 5) is 59.4. The minimum absolute atomic E-state index is 0.0455. The first kappa shape index (κ1) is 31.0. The van der Waals surface area contributed by atoms with E-state index in [1.807, 2.05) is 48.5 Å². The van der Waals surface area contributed by atoms with E-state index in [1.54, 1.807) is 31.2 Å². The number of carbonyl (C=O) groups excluding carboxylic acids is 4. The molecule has 2 saturated heterocycles. The molecule has 2 aliphatic carbocycles. The van der Waals surface area contributed by atoms with Crippen molar-refractivity contribution in [3.8, 4) is 5.75 Å². The van der Waals surface area contributed by atoms with Crippen molar-refractivity contribution in [2.75, 3.05) is 15.1 Å². The molecular formula is C39H31ClFN3O5. The lowest BCUT2D eigenvalue weighted by Gasteiger charge is -2.49. The van der Waals surface area contributed by atoms with Gasteiger partial charge < -0.3 is 10.4 Å². The molecule has 4 aliphatic rings. The van der Waals surface area contributed by atoms with Gasteiger partial charge in [0.2, 0.25) is 23.6 Å². The number of halogens is 2. The monoisotopic (exact) mass is 675 g/mol. The van der Waals surface area contributed by atoms with Gasteiger partial charge >= 0.3 is 0 Å². The van der Waals surface area contributed by atoms with Gasteiger partial charge in [-0.25, -0.2) is 9.29 Å². The summed E-state index contributed by atoms with van der Waals surface area (Å²) in [5.41, 5.74) is 2.60. The number of allylic oxidation sites excluding steroid dienone is 2. The number of nitrogens with one attached hydrogen (secondary N) is 1. The number of phenols is 1. The van der Waals surface area contributed by atoms with E-state index >= 15 is 0 Å². The first-order chi connectivity index (χ1) is 23.6. The van der Waals surface area contributed by atoms with E-state index in [2.05, 4.69) is 5.32 Å². The van der Waals surface area contributed by atoms with Gasteiger partial charge in [-0.1, -0.05) is 53.6 Å². The molecule has 2 heterocycles. The SMILES string of the molecule is C[C@@]12C(=O)N(c3ccc(F)c(Cl)c3)C(=O)[C@@H]1C[C@@H]1C(=CC[C@@H]3C(=O)N(c4ccc(Nc5ccccc5)cc4)C(=O)[C@@H]31)[C@@H]2c1ccc(O)cc1. The van der Waals surface area contributed by atoms with Gasteiger partial charge in [-0.15, -0.1) is 0 Å². The van der Waals surface area contributed by atoms with Gasteiger partial charge in [-0.2, -0.15) is 0 Å². The molecule has 3 fully saturated rings. The molecule has 0 bridgehead atoms.